The lowest BCUT2D eigenvalue weighted by molar-refractivity contribution is -0.117. The van der Waals surface area contributed by atoms with Crippen LogP contribution < -0.4 is 5.76 Å². The van der Waals surface area contributed by atoms with Crippen LogP contribution in [-0.4, -0.2) is 49.6 Å². The van der Waals surface area contributed by atoms with Crippen LogP contribution >= 0.6 is 0 Å². The molecule has 1 unspecified atom stereocenters. The van der Waals surface area contributed by atoms with Crippen LogP contribution in [0, 0.1) is 23.7 Å². The highest BCUT2D eigenvalue weighted by Crippen LogP contribution is 2.50. The molecule has 1 atom stereocenters. The Morgan fingerprint density at radius 3 is 2.61 bits per heavy atom. The van der Waals surface area contributed by atoms with E-state index in [0.717, 1.165) is 91.0 Å². The van der Waals surface area contributed by atoms with E-state index in [9.17, 15) is 9.59 Å². The van der Waals surface area contributed by atoms with Crippen LogP contribution in [0.3, 0.4) is 0 Å². The quantitative estimate of drug-likeness (QED) is 0.194. The molecule has 8 heterocycles. The van der Waals surface area contributed by atoms with E-state index >= 15 is 0 Å². The van der Waals surface area contributed by atoms with E-state index in [-0.39, 0.29) is 23.9 Å². The molecular formula is C39H36N6O4. The maximum atomic E-state index is 14.3. The number of amides is 1. The van der Waals surface area contributed by atoms with Gasteiger partial charge in [-0.05, 0) is 111 Å². The molecule has 10 heteroatoms. The summed E-state index contributed by atoms with van der Waals surface area (Å²) in [6.07, 6.45) is 11.9. The van der Waals surface area contributed by atoms with E-state index in [1.807, 2.05) is 42.3 Å². The fourth-order valence-corrected chi connectivity index (χ4v) is 8.66. The predicted octanol–water partition coefficient (Wildman–Crippen LogP) is 6.52. The third-order valence-electron chi connectivity index (χ3n) is 11.3. The van der Waals surface area contributed by atoms with Gasteiger partial charge in [0.2, 0.25) is 0 Å². The third-order valence-corrected chi connectivity index (χ3v) is 11.3. The van der Waals surface area contributed by atoms with Gasteiger partial charge in [-0.1, -0.05) is 6.07 Å². The van der Waals surface area contributed by atoms with E-state index in [2.05, 4.69) is 22.1 Å². The van der Waals surface area contributed by atoms with Gasteiger partial charge in [0.15, 0.2) is 5.58 Å². The van der Waals surface area contributed by atoms with Gasteiger partial charge in [0.05, 0.1) is 53.3 Å². The second-order valence-electron chi connectivity index (χ2n) is 14.2. The lowest BCUT2D eigenvalue weighted by Gasteiger charge is -2.46. The monoisotopic (exact) mass is 652 g/mol. The Morgan fingerprint density at radius 1 is 1.00 bits per heavy atom. The smallest absolute Gasteiger partial charge is 0.408 e. The number of benzene rings is 1. The first-order valence-corrected chi connectivity index (χ1v) is 17.3. The Labute approximate surface area is 283 Å². The highest BCUT2D eigenvalue weighted by molar-refractivity contribution is 6.09. The van der Waals surface area contributed by atoms with Crippen LogP contribution in [0.25, 0.3) is 33.4 Å². The normalized spacial score (nSPS) is 22.4. The summed E-state index contributed by atoms with van der Waals surface area (Å²) in [6, 6.07) is 15.3. The molecule has 0 N–H and O–H groups in total. The van der Waals surface area contributed by atoms with E-state index in [1.54, 1.807) is 16.7 Å². The van der Waals surface area contributed by atoms with Gasteiger partial charge in [-0.2, -0.15) is 5.26 Å². The molecule has 1 aliphatic carbocycles. The molecule has 246 valence electrons. The van der Waals surface area contributed by atoms with Gasteiger partial charge in [0.1, 0.15) is 6.07 Å². The van der Waals surface area contributed by atoms with Crippen molar-refractivity contribution in [2.24, 2.45) is 5.41 Å². The second-order valence-corrected chi connectivity index (χ2v) is 14.2. The summed E-state index contributed by atoms with van der Waals surface area (Å²) in [4.78, 5) is 43.7. The average Bonchev–Trinajstić information content (AvgIpc) is 3.81. The van der Waals surface area contributed by atoms with Crippen molar-refractivity contribution in [2.75, 3.05) is 13.2 Å². The largest absolute Gasteiger partial charge is 0.420 e. The molecule has 1 amide bonds. The number of hydrogen-bond donors (Lipinski definition) is 0. The summed E-state index contributed by atoms with van der Waals surface area (Å²) in [7, 11) is 0. The van der Waals surface area contributed by atoms with Crippen molar-refractivity contribution >= 4 is 17.0 Å². The first-order valence-electron chi connectivity index (χ1n) is 17.3. The molecule has 4 aliphatic heterocycles. The molecule has 2 bridgehead atoms. The molecule has 5 aromatic rings. The minimum absolute atomic E-state index is 0.0159. The van der Waals surface area contributed by atoms with Crippen molar-refractivity contribution in [1.29, 1.82) is 5.26 Å². The fraction of sp³-hybridized carbons (Fsp3) is 0.385. The van der Waals surface area contributed by atoms with Crippen LogP contribution in [0.4, 0.5) is 0 Å². The number of fused-ring (bicyclic) bond motifs is 7. The van der Waals surface area contributed by atoms with Crippen molar-refractivity contribution < 1.29 is 13.9 Å². The lowest BCUT2D eigenvalue weighted by atomic mass is 9.68. The van der Waals surface area contributed by atoms with Crippen LogP contribution in [0.5, 0.6) is 0 Å². The Morgan fingerprint density at radius 2 is 1.86 bits per heavy atom. The molecule has 0 spiro atoms. The van der Waals surface area contributed by atoms with E-state index in [4.69, 9.17) is 19.4 Å². The number of aromatic nitrogens is 4. The van der Waals surface area contributed by atoms with Crippen LogP contribution in [0.15, 0.2) is 64.1 Å². The van der Waals surface area contributed by atoms with Crippen LogP contribution in [0.2, 0.25) is 0 Å². The standard InChI is InChI=1S/C39H36N6O4/c1-23-17-26(11-15-41-23)33-29(10-14-39-12-8-28(9-13-39)48-22-39)43-36-31-3-2-16-44(31)37(46)35(36)34(33)25-5-7-30-32(18-25)49-38(47)45(30)21-27-6-4-24(19-40)20-42-27/h4-7,11,15,17-18,20,28,31H,2-3,8-10,12-14,16,21-22H2,1H3. The van der Waals surface area contributed by atoms with Gasteiger partial charge in [-0.15, -0.1) is 0 Å². The predicted molar refractivity (Wildman–Crippen MR) is 182 cm³/mol. The first kappa shape index (κ1) is 30.0. The SMILES string of the molecule is Cc1cc(-c2c(CCC34CCC(CC3)OC4)nc3c(c2-c2ccc4c(c2)oc(=O)n4Cc2ccc(C#N)cn2)C(=O)N2CCCC32)ccn1. The maximum absolute atomic E-state index is 14.3. The number of hydrogen-bond acceptors (Lipinski definition) is 8. The molecule has 49 heavy (non-hydrogen) atoms. The number of pyridine rings is 3. The van der Waals surface area contributed by atoms with Gasteiger partial charge >= 0.3 is 5.76 Å². The minimum atomic E-state index is -0.496. The van der Waals surface area contributed by atoms with Crippen molar-refractivity contribution in [2.45, 2.75) is 77.0 Å². The number of carbonyl (C=O) groups excluding carboxylic acids is 1. The molecule has 0 radical (unpaired) electrons. The number of nitriles is 1. The number of oxazole rings is 1. The van der Waals surface area contributed by atoms with Crippen molar-refractivity contribution in [3.05, 3.63) is 99.3 Å². The zero-order valence-corrected chi connectivity index (χ0v) is 27.4. The van der Waals surface area contributed by atoms with Gasteiger partial charge < -0.3 is 14.1 Å². The zero-order valence-electron chi connectivity index (χ0n) is 27.4. The van der Waals surface area contributed by atoms with Crippen molar-refractivity contribution in [1.82, 2.24) is 24.4 Å². The number of carbonyl (C=O) groups is 1. The van der Waals surface area contributed by atoms with Crippen molar-refractivity contribution in [3.8, 4) is 28.3 Å². The Hall–Kier alpha value is -5.14. The molecule has 4 fully saturated rings. The van der Waals surface area contributed by atoms with Crippen LogP contribution in [0.1, 0.15) is 89.7 Å². The zero-order chi connectivity index (χ0) is 33.3. The summed E-state index contributed by atoms with van der Waals surface area (Å²) in [5, 5.41) is 9.15. The highest BCUT2D eigenvalue weighted by Gasteiger charge is 2.45. The number of ether oxygens (including phenoxy) is 1. The Kier molecular flexibility index (Phi) is 7.02. The van der Waals surface area contributed by atoms with Gasteiger partial charge in [-0.25, -0.2) is 4.79 Å². The van der Waals surface area contributed by atoms with Gasteiger partial charge in [0.25, 0.3) is 5.91 Å². The summed E-state index contributed by atoms with van der Waals surface area (Å²) >= 11 is 0. The summed E-state index contributed by atoms with van der Waals surface area (Å²) in [5.74, 6) is -0.480. The molecule has 10 nitrogen and oxygen atoms in total. The van der Waals surface area contributed by atoms with E-state index in [0.29, 0.717) is 34.0 Å². The minimum Gasteiger partial charge on any atom is -0.408 e. The third kappa shape index (κ3) is 4.98. The molecule has 5 aliphatic rings. The molecule has 1 saturated carbocycles. The Balaban J connectivity index is 1.21. The number of rotatable bonds is 7. The van der Waals surface area contributed by atoms with E-state index in [1.165, 1.54) is 19.0 Å². The average molecular weight is 653 g/mol. The first-order chi connectivity index (χ1) is 23.9. The summed E-state index contributed by atoms with van der Waals surface area (Å²) < 4.78 is 13.6. The Bertz CT molecular complexity index is 2230. The van der Waals surface area contributed by atoms with Gasteiger partial charge in [0, 0.05) is 41.5 Å². The van der Waals surface area contributed by atoms with Crippen molar-refractivity contribution in [3.63, 3.8) is 0 Å². The van der Waals surface area contributed by atoms with Crippen LogP contribution in [-0.2, 0) is 17.7 Å². The van der Waals surface area contributed by atoms with E-state index < -0.39 is 5.76 Å². The molecule has 1 aromatic carbocycles. The fourth-order valence-electron chi connectivity index (χ4n) is 8.66. The molecule has 4 aromatic heterocycles. The van der Waals surface area contributed by atoms with Gasteiger partial charge in [-0.3, -0.25) is 24.3 Å². The maximum Gasteiger partial charge on any atom is 0.420 e. The summed E-state index contributed by atoms with van der Waals surface area (Å²) in [5.41, 5.74) is 9.29. The summed E-state index contributed by atoms with van der Waals surface area (Å²) in [6.45, 7) is 3.71. The topological polar surface area (TPSA) is 127 Å². The molecular weight excluding hydrogens is 616 g/mol. The highest BCUT2D eigenvalue weighted by atomic mass is 16.5. The number of nitrogens with zero attached hydrogens (tertiary/aromatic N) is 6. The molecule has 10 rings (SSSR count). The molecule has 3 saturated heterocycles. The second kappa shape index (κ2) is 11.5. The number of aryl methyl sites for hydroxylation is 2. The lowest BCUT2D eigenvalue weighted by Crippen LogP contribution is -2.42.